The zero-order chi connectivity index (χ0) is 21.9. The maximum Gasteiger partial charge on any atom is 0.337 e. The van der Waals surface area contributed by atoms with Gasteiger partial charge in [0.15, 0.2) is 14.6 Å². The molecule has 3 rings (SSSR count). The molecule has 1 amide bonds. The van der Waals surface area contributed by atoms with Gasteiger partial charge in [0.1, 0.15) is 0 Å². The maximum absolute atomic E-state index is 12.9. The number of rotatable bonds is 6. The molecule has 0 bridgehead atoms. The van der Waals surface area contributed by atoms with E-state index in [0.717, 1.165) is 22.2 Å². The number of carbonyl (C=O) groups excluding carboxylic acids is 2. The fourth-order valence-corrected chi connectivity index (χ4v) is 5.26. The van der Waals surface area contributed by atoms with Crippen LogP contribution in [0.25, 0.3) is 10.2 Å². The van der Waals surface area contributed by atoms with Crippen LogP contribution in [0.15, 0.2) is 52.4 Å². The topological polar surface area (TPSA) is 94.8 Å². The monoisotopic (exact) mass is 464 g/mol. The number of nitrogens with zero attached hydrogens (tertiary/aromatic N) is 2. The van der Waals surface area contributed by atoms with Gasteiger partial charge in [-0.25, -0.2) is 13.2 Å². The Morgan fingerprint density at radius 2 is 1.93 bits per heavy atom. The summed E-state index contributed by atoms with van der Waals surface area (Å²) in [5, 5.41) is 0. The third-order valence-corrected chi connectivity index (χ3v) is 7.12. The molecule has 1 heterocycles. The number of thiazole rings is 1. The highest BCUT2D eigenvalue weighted by atomic mass is 32.2. The Balaban J connectivity index is 2.18. The summed E-state index contributed by atoms with van der Waals surface area (Å²) in [7, 11) is -2.26. The lowest BCUT2D eigenvalue weighted by molar-refractivity contribution is 0.0600. The number of ether oxygens (including phenoxy) is 1. The summed E-state index contributed by atoms with van der Waals surface area (Å²) in [6.45, 7) is 0.610. The van der Waals surface area contributed by atoms with E-state index in [2.05, 4.69) is 4.99 Å². The van der Waals surface area contributed by atoms with Crippen LogP contribution in [0, 0.1) is 0 Å². The van der Waals surface area contributed by atoms with Crippen molar-refractivity contribution in [3.05, 3.63) is 58.4 Å². The molecule has 0 fully saturated rings. The van der Waals surface area contributed by atoms with Crippen LogP contribution in [0.3, 0.4) is 0 Å². The van der Waals surface area contributed by atoms with Crippen LogP contribution in [0.5, 0.6) is 0 Å². The van der Waals surface area contributed by atoms with Crippen molar-refractivity contribution in [3.63, 3.8) is 0 Å². The quantitative estimate of drug-likeness (QED) is 0.521. The third-order valence-electron chi connectivity index (χ3n) is 4.34. The Morgan fingerprint density at radius 1 is 1.20 bits per heavy atom. The van der Waals surface area contributed by atoms with Crippen molar-refractivity contribution in [1.82, 2.24) is 4.57 Å². The first-order chi connectivity index (χ1) is 14.3. The van der Waals surface area contributed by atoms with E-state index in [1.807, 2.05) is 10.8 Å². The molecular weight excluding hydrogens is 444 g/mol. The molecule has 0 N–H and O–H groups in total. The van der Waals surface area contributed by atoms with Crippen molar-refractivity contribution in [2.24, 2.45) is 4.99 Å². The standard InChI is InChI=1S/C20H20N2O5S3/c1-27-19(24)13-8-9-15-16(12-13)29-20(22(15)10-11-28-2)21-18(23)14-6-4-5-7-17(14)30(3,25)26/h4-9,12H,10-11H2,1-3H3. The molecule has 7 nitrogen and oxygen atoms in total. The summed E-state index contributed by atoms with van der Waals surface area (Å²) in [6.07, 6.45) is 3.04. The van der Waals surface area contributed by atoms with Gasteiger partial charge in [-0.2, -0.15) is 16.8 Å². The number of thioether (sulfide) groups is 1. The minimum atomic E-state index is -3.58. The second-order valence-corrected chi connectivity index (χ2v) is 10.4. The van der Waals surface area contributed by atoms with E-state index >= 15 is 0 Å². The van der Waals surface area contributed by atoms with E-state index in [9.17, 15) is 18.0 Å². The summed E-state index contributed by atoms with van der Waals surface area (Å²) in [6, 6.07) is 11.2. The van der Waals surface area contributed by atoms with Gasteiger partial charge in [-0.3, -0.25) is 4.79 Å². The predicted molar refractivity (Wildman–Crippen MR) is 119 cm³/mol. The Kier molecular flexibility index (Phi) is 6.79. The molecule has 2 aromatic carbocycles. The van der Waals surface area contributed by atoms with E-state index < -0.39 is 21.7 Å². The minimum Gasteiger partial charge on any atom is -0.465 e. The average molecular weight is 465 g/mol. The lowest BCUT2D eigenvalue weighted by atomic mass is 10.2. The van der Waals surface area contributed by atoms with Crippen LogP contribution in [0.4, 0.5) is 0 Å². The van der Waals surface area contributed by atoms with Crippen LogP contribution in [-0.2, 0) is 21.1 Å². The van der Waals surface area contributed by atoms with Gasteiger partial charge in [0.25, 0.3) is 5.91 Å². The Bertz CT molecular complexity index is 1290. The summed E-state index contributed by atoms with van der Waals surface area (Å²) >= 11 is 2.92. The van der Waals surface area contributed by atoms with Crippen LogP contribution < -0.4 is 4.80 Å². The zero-order valence-corrected chi connectivity index (χ0v) is 19.1. The van der Waals surface area contributed by atoms with E-state index in [0.29, 0.717) is 16.9 Å². The number of hydrogen-bond acceptors (Lipinski definition) is 7. The fourth-order valence-electron chi connectivity index (χ4n) is 2.92. The number of esters is 1. The highest BCUT2D eigenvalue weighted by Crippen LogP contribution is 2.21. The number of amides is 1. The number of fused-ring (bicyclic) bond motifs is 1. The van der Waals surface area contributed by atoms with Gasteiger partial charge in [-0.05, 0) is 36.6 Å². The first-order valence-electron chi connectivity index (χ1n) is 8.85. The van der Waals surface area contributed by atoms with Crippen molar-refractivity contribution < 1.29 is 22.7 Å². The Labute approximate surface area is 182 Å². The highest BCUT2D eigenvalue weighted by Gasteiger charge is 2.18. The Morgan fingerprint density at radius 3 is 2.60 bits per heavy atom. The van der Waals surface area contributed by atoms with E-state index in [1.54, 1.807) is 42.1 Å². The predicted octanol–water partition coefficient (Wildman–Crippen LogP) is 3.00. The molecule has 1 aromatic heterocycles. The minimum absolute atomic E-state index is 0.0316. The number of benzene rings is 2. The molecular formula is C20H20N2O5S3. The van der Waals surface area contributed by atoms with Gasteiger partial charge in [-0.1, -0.05) is 23.5 Å². The molecule has 30 heavy (non-hydrogen) atoms. The molecule has 0 saturated heterocycles. The largest absolute Gasteiger partial charge is 0.465 e. The van der Waals surface area contributed by atoms with Crippen LogP contribution in [0.1, 0.15) is 20.7 Å². The molecule has 3 aromatic rings. The number of carbonyl (C=O) groups is 2. The van der Waals surface area contributed by atoms with Crippen molar-refractivity contribution in [1.29, 1.82) is 0 Å². The lowest BCUT2D eigenvalue weighted by Crippen LogP contribution is -2.19. The third kappa shape index (κ3) is 4.66. The summed E-state index contributed by atoms with van der Waals surface area (Å²) in [4.78, 5) is 29.4. The van der Waals surface area contributed by atoms with E-state index in [4.69, 9.17) is 4.74 Å². The number of aromatic nitrogens is 1. The van der Waals surface area contributed by atoms with Crippen molar-refractivity contribution in [2.45, 2.75) is 11.4 Å². The first kappa shape index (κ1) is 22.3. The van der Waals surface area contributed by atoms with Gasteiger partial charge in [0.05, 0.1) is 33.3 Å². The van der Waals surface area contributed by atoms with Crippen molar-refractivity contribution >= 4 is 55.0 Å². The van der Waals surface area contributed by atoms with Gasteiger partial charge in [-0.15, -0.1) is 0 Å². The molecule has 0 aliphatic carbocycles. The number of hydrogen-bond donors (Lipinski definition) is 0. The highest BCUT2D eigenvalue weighted by molar-refractivity contribution is 7.98. The number of methoxy groups -OCH3 is 1. The number of aryl methyl sites for hydroxylation is 1. The molecule has 10 heteroatoms. The normalized spacial score (nSPS) is 12.3. The molecule has 158 valence electrons. The molecule has 0 unspecified atom stereocenters. The molecule has 0 aliphatic heterocycles. The van der Waals surface area contributed by atoms with Gasteiger partial charge in [0, 0.05) is 18.6 Å². The van der Waals surface area contributed by atoms with Crippen LogP contribution in [-0.4, -0.2) is 50.2 Å². The van der Waals surface area contributed by atoms with E-state index in [-0.39, 0.29) is 10.5 Å². The van der Waals surface area contributed by atoms with Crippen molar-refractivity contribution in [2.75, 3.05) is 25.4 Å². The second-order valence-electron chi connectivity index (χ2n) is 6.39. The van der Waals surface area contributed by atoms with E-state index in [1.165, 1.54) is 30.6 Å². The first-order valence-corrected chi connectivity index (χ1v) is 12.9. The zero-order valence-electron chi connectivity index (χ0n) is 16.6. The molecule has 0 aliphatic rings. The van der Waals surface area contributed by atoms with Crippen molar-refractivity contribution in [3.8, 4) is 0 Å². The molecule has 0 radical (unpaired) electrons. The fraction of sp³-hybridized carbons (Fsp3) is 0.250. The van der Waals surface area contributed by atoms with Crippen LogP contribution in [0.2, 0.25) is 0 Å². The summed E-state index contributed by atoms with van der Waals surface area (Å²) in [5.74, 6) is -0.280. The van der Waals surface area contributed by atoms with Crippen LogP contribution >= 0.6 is 23.1 Å². The maximum atomic E-state index is 12.9. The second kappa shape index (κ2) is 9.15. The number of sulfone groups is 1. The SMILES string of the molecule is COC(=O)c1ccc2c(c1)sc(=NC(=O)c1ccccc1S(C)(=O)=O)n2CCSC. The summed E-state index contributed by atoms with van der Waals surface area (Å²) < 4.78 is 31.5. The molecule has 0 saturated carbocycles. The molecule has 0 spiro atoms. The lowest BCUT2D eigenvalue weighted by Gasteiger charge is -2.05. The average Bonchev–Trinajstić information content (AvgIpc) is 3.06. The summed E-state index contributed by atoms with van der Waals surface area (Å²) in [5.41, 5.74) is 1.28. The Hall–Kier alpha value is -2.43. The van der Waals surface area contributed by atoms with Gasteiger partial charge < -0.3 is 9.30 Å². The molecule has 0 atom stereocenters. The smallest absolute Gasteiger partial charge is 0.337 e. The van der Waals surface area contributed by atoms with Gasteiger partial charge >= 0.3 is 5.97 Å². The van der Waals surface area contributed by atoms with Gasteiger partial charge in [0.2, 0.25) is 0 Å².